The summed E-state index contributed by atoms with van der Waals surface area (Å²) in [6.45, 7) is 3.32. The van der Waals surface area contributed by atoms with Gasteiger partial charge in [-0.2, -0.15) is 0 Å². The quantitative estimate of drug-likeness (QED) is 0.876. The molecule has 2 N–H and O–H groups in total. The molecule has 1 aliphatic carbocycles. The lowest BCUT2D eigenvalue weighted by Crippen LogP contribution is -2.03. The first kappa shape index (κ1) is 10.3. The van der Waals surface area contributed by atoms with Crippen LogP contribution in [0.4, 0.5) is 5.82 Å². The van der Waals surface area contributed by atoms with Crippen LogP contribution in [0.25, 0.3) is 11.3 Å². The second-order valence-corrected chi connectivity index (χ2v) is 4.84. The van der Waals surface area contributed by atoms with E-state index in [1.54, 1.807) is 6.20 Å². The zero-order valence-electron chi connectivity index (χ0n) is 9.87. The van der Waals surface area contributed by atoms with Crippen LogP contribution in [0.5, 0.6) is 0 Å². The molecule has 4 heteroatoms. The van der Waals surface area contributed by atoms with Gasteiger partial charge in [-0.3, -0.25) is 0 Å². The van der Waals surface area contributed by atoms with Gasteiger partial charge in [0.15, 0.2) is 0 Å². The minimum atomic E-state index is 0.568. The summed E-state index contributed by atoms with van der Waals surface area (Å²) in [6, 6.07) is 3.90. The van der Waals surface area contributed by atoms with Crippen LogP contribution in [0, 0.1) is 11.8 Å². The summed E-state index contributed by atoms with van der Waals surface area (Å²) in [5.41, 5.74) is 7.94. The zero-order valence-corrected chi connectivity index (χ0v) is 9.87. The smallest absolute Gasteiger partial charge is 0.132 e. The van der Waals surface area contributed by atoms with Gasteiger partial charge >= 0.3 is 0 Å². The molecule has 0 bridgehead atoms. The largest absolute Gasteiger partial charge is 0.383 e. The number of pyridine rings is 1. The third-order valence-corrected chi connectivity index (χ3v) is 3.53. The molecular weight excluding hydrogens is 212 g/mol. The Hall–Kier alpha value is -1.84. The van der Waals surface area contributed by atoms with Gasteiger partial charge in [-0.15, -0.1) is 0 Å². The highest BCUT2D eigenvalue weighted by atomic mass is 15.1. The molecule has 17 heavy (non-hydrogen) atoms. The van der Waals surface area contributed by atoms with Crippen LogP contribution in [0.1, 0.15) is 13.3 Å². The van der Waals surface area contributed by atoms with Crippen molar-refractivity contribution in [3.8, 4) is 11.3 Å². The van der Waals surface area contributed by atoms with Gasteiger partial charge in [-0.1, -0.05) is 6.92 Å². The predicted octanol–water partition coefficient (Wildman–Crippen LogP) is 2.18. The third kappa shape index (κ3) is 1.90. The van der Waals surface area contributed by atoms with Gasteiger partial charge in [0.05, 0.1) is 18.2 Å². The third-order valence-electron chi connectivity index (χ3n) is 3.53. The SMILES string of the molecule is CC1CC1Cn1cncc1-c1cccnc1N. The molecule has 0 spiro atoms. The van der Waals surface area contributed by atoms with E-state index in [9.17, 15) is 0 Å². The van der Waals surface area contributed by atoms with Crippen molar-refractivity contribution in [3.05, 3.63) is 30.9 Å². The van der Waals surface area contributed by atoms with Gasteiger partial charge in [0.25, 0.3) is 0 Å². The molecule has 2 atom stereocenters. The van der Waals surface area contributed by atoms with Crippen LogP contribution in [0.15, 0.2) is 30.9 Å². The molecule has 2 aromatic rings. The molecule has 3 rings (SSSR count). The van der Waals surface area contributed by atoms with Gasteiger partial charge in [0.2, 0.25) is 0 Å². The fourth-order valence-electron chi connectivity index (χ4n) is 2.23. The molecule has 1 aliphatic rings. The van der Waals surface area contributed by atoms with Crippen molar-refractivity contribution in [2.24, 2.45) is 11.8 Å². The van der Waals surface area contributed by atoms with Crippen molar-refractivity contribution in [3.63, 3.8) is 0 Å². The molecule has 1 fully saturated rings. The Labute approximate surface area is 101 Å². The topological polar surface area (TPSA) is 56.7 Å². The number of hydrogen-bond donors (Lipinski definition) is 1. The summed E-state index contributed by atoms with van der Waals surface area (Å²) in [5, 5.41) is 0. The number of hydrogen-bond acceptors (Lipinski definition) is 3. The average molecular weight is 228 g/mol. The van der Waals surface area contributed by atoms with Gasteiger partial charge in [-0.25, -0.2) is 9.97 Å². The maximum Gasteiger partial charge on any atom is 0.132 e. The molecule has 2 aromatic heterocycles. The molecular formula is C13H16N4. The van der Waals surface area contributed by atoms with Crippen molar-refractivity contribution < 1.29 is 0 Å². The molecule has 0 aromatic carbocycles. The Balaban J connectivity index is 1.93. The number of aromatic nitrogens is 3. The highest BCUT2D eigenvalue weighted by Gasteiger charge is 2.33. The minimum absolute atomic E-state index is 0.568. The monoisotopic (exact) mass is 228 g/mol. The lowest BCUT2D eigenvalue weighted by Gasteiger charge is -2.08. The van der Waals surface area contributed by atoms with E-state index in [2.05, 4.69) is 21.5 Å². The lowest BCUT2D eigenvalue weighted by atomic mass is 10.2. The van der Waals surface area contributed by atoms with E-state index >= 15 is 0 Å². The summed E-state index contributed by atoms with van der Waals surface area (Å²) in [4.78, 5) is 8.35. The standard InChI is InChI=1S/C13H16N4/c1-9-5-10(9)7-17-8-15-6-12(17)11-3-2-4-16-13(11)14/h2-4,6,8-10H,5,7H2,1H3,(H2,14,16). The molecule has 4 nitrogen and oxygen atoms in total. The van der Waals surface area contributed by atoms with Crippen LogP contribution in [-0.4, -0.2) is 14.5 Å². The van der Waals surface area contributed by atoms with E-state index < -0.39 is 0 Å². The van der Waals surface area contributed by atoms with Crippen LogP contribution >= 0.6 is 0 Å². The van der Waals surface area contributed by atoms with Gasteiger partial charge < -0.3 is 10.3 Å². The normalized spacial score (nSPS) is 22.6. The number of nitrogens with zero attached hydrogens (tertiary/aromatic N) is 3. The summed E-state index contributed by atoms with van der Waals surface area (Å²) in [5.74, 6) is 2.20. The van der Waals surface area contributed by atoms with Crippen molar-refractivity contribution >= 4 is 5.82 Å². The van der Waals surface area contributed by atoms with E-state index in [4.69, 9.17) is 5.73 Å². The van der Waals surface area contributed by atoms with Gasteiger partial charge in [0, 0.05) is 18.3 Å². The van der Waals surface area contributed by atoms with Crippen LogP contribution in [0.2, 0.25) is 0 Å². The number of nitrogen functional groups attached to an aromatic ring is 1. The highest BCUT2D eigenvalue weighted by molar-refractivity contribution is 5.70. The Kier molecular flexibility index (Phi) is 2.35. The second kappa shape index (κ2) is 3.87. The first-order chi connectivity index (χ1) is 8.25. The van der Waals surface area contributed by atoms with E-state index in [1.165, 1.54) is 6.42 Å². The Morgan fingerprint density at radius 3 is 3.06 bits per heavy atom. The average Bonchev–Trinajstić information content (AvgIpc) is 2.83. The summed E-state index contributed by atoms with van der Waals surface area (Å²) >= 11 is 0. The Morgan fingerprint density at radius 2 is 2.35 bits per heavy atom. The van der Waals surface area contributed by atoms with Gasteiger partial charge in [0.1, 0.15) is 5.82 Å². The molecule has 0 amide bonds. The fraction of sp³-hybridized carbons (Fsp3) is 0.385. The second-order valence-electron chi connectivity index (χ2n) is 4.84. The minimum Gasteiger partial charge on any atom is -0.383 e. The Morgan fingerprint density at radius 1 is 1.53 bits per heavy atom. The van der Waals surface area contributed by atoms with Crippen molar-refractivity contribution in [2.75, 3.05) is 5.73 Å². The number of anilines is 1. The van der Waals surface area contributed by atoms with Crippen molar-refractivity contribution in [1.29, 1.82) is 0 Å². The van der Waals surface area contributed by atoms with E-state index in [0.29, 0.717) is 5.82 Å². The molecule has 0 saturated heterocycles. The first-order valence-corrected chi connectivity index (χ1v) is 5.96. The predicted molar refractivity (Wildman–Crippen MR) is 67.1 cm³/mol. The first-order valence-electron chi connectivity index (χ1n) is 5.96. The number of imidazole rings is 1. The molecule has 0 aliphatic heterocycles. The molecule has 0 radical (unpaired) electrons. The van der Waals surface area contributed by atoms with Gasteiger partial charge in [-0.05, 0) is 30.4 Å². The number of rotatable bonds is 3. The zero-order chi connectivity index (χ0) is 11.8. The maximum absolute atomic E-state index is 5.90. The van der Waals surface area contributed by atoms with Crippen LogP contribution in [0.3, 0.4) is 0 Å². The van der Waals surface area contributed by atoms with Crippen molar-refractivity contribution in [1.82, 2.24) is 14.5 Å². The highest BCUT2D eigenvalue weighted by Crippen LogP contribution is 2.39. The summed E-state index contributed by atoms with van der Waals surface area (Å²) in [7, 11) is 0. The summed E-state index contributed by atoms with van der Waals surface area (Å²) in [6.07, 6.45) is 6.77. The van der Waals surface area contributed by atoms with E-state index in [1.807, 2.05) is 24.7 Å². The molecule has 88 valence electrons. The van der Waals surface area contributed by atoms with Crippen LogP contribution in [-0.2, 0) is 6.54 Å². The fourth-order valence-corrected chi connectivity index (χ4v) is 2.23. The number of nitrogens with two attached hydrogens (primary N) is 1. The lowest BCUT2D eigenvalue weighted by molar-refractivity contribution is 0.597. The summed E-state index contributed by atoms with van der Waals surface area (Å²) < 4.78 is 2.18. The Bertz CT molecular complexity index is 532. The molecule has 1 saturated carbocycles. The van der Waals surface area contributed by atoms with Crippen molar-refractivity contribution in [2.45, 2.75) is 19.9 Å². The molecule has 2 heterocycles. The van der Waals surface area contributed by atoms with E-state index in [0.717, 1.165) is 29.6 Å². The maximum atomic E-state index is 5.90. The van der Waals surface area contributed by atoms with Crippen LogP contribution < -0.4 is 5.73 Å². The van der Waals surface area contributed by atoms with E-state index in [-0.39, 0.29) is 0 Å². The molecule has 2 unspecified atom stereocenters.